The van der Waals surface area contributed by atoms with Crippen molar-refractivity contribution in [2.24, 2.45) is 0 Å². The molecule has 0 saturated carbocycles. The number of para-hydroxylation sites is 1. The van der Waals surface area contributed by atoms with Crippen molar-refractivity contribution in [2.45, 2.75) is 25.9 Å². The maximum Gasteiger partial charge on any atom is 0.258 e. The predicted octanol–water partition coefficient (Wildman–Crippen LogP) is 1.28. The maximum atomic E-state index is 12.1. The molecule has 20 heavy (non-hydrogen) atoms. The minimum Gasteiger partial charge on any atom is -0.312 e. The van der Waals surface area contributed by atoms with Gasteiger partial charge in [-0.25, -0.2) is 4.98 Å². The van der Waals surface area contributed by atoms with Crippen LogP contribution in [-0.2, 0) is 0 Å². The Hall–Kier alpha value is -1.72. The summed E-state index contributed by atoms with van der Waals surface area (Å²) in [4.78, 5) is 22.0. The fourth-order valence-corrected chi connectivity index (χ4v) is 2.79. The second kappa shape index (κ2) is 5.34. The van der Waals surface area contributed by atoms with Gasteiger partial charge >= 0.3 is 0 Å². The molecular weight excluding hydrogens is 252 g/mol. The van der Waals surface area contributed by atoms with E-state index < -0.39 is 0 Å². The lowest BCUT2D eigenvalue weighted by molar-refractivity contribution is 0.153. The van der Waals surface area contributed by atoms with Crippen molar-refractivity contribution in [1.29, 1.82) is 0 Å². The van der Waals surface area contributed by atoms with Gasteiger partial charge in [0.05, 0.1) is 16.9 Å². The second-order valence-electron chi connectivity index (χ2n) is 5.49. The van der Waals surface area contributed by atoms with Crippen LogP contribution < -0.4 is 10.9 Å². The molecule has 1 fully saturated rings. The smallest absolute Gasteiger partial charge is 0.258 e. The number of benzene rings is 1. The normalized spacial score (nSPS) is 22.0. The van der Waals surface area contributed by atoms with Crippen LogP contribution in [0.15, 0.2) is 29.1 Å². The number of rotatable bonds is 2. The molecule has 5 nitrogen and oxygen atoms in total. The monoisotopic (exact) mass is 272 g/mol. The zero-order valence-electron chi connectivity index (χ0n) is 11.9. The molecule has 1 aliphatic heterocycles. The first-order chi connectivity index (χ1) is 9.65. The first-order valence-corrected chi connectivity index (χ1v) is 7.11. The van der Waals surface area contributed by atoms with Gasteiger partial charge in [0.15, 0.2) is 0 Å². The third-order valence-electron chi connectivity index (χ3n) is 3.97. The molecule has 106 valence electrons. The van der Waals surface area contributed by atoms with Gasteiger partial charge < -0.3 is 10.3 Å². The maximum absolute atomic E-state index is 12.1. The van der Waals surface area contributed by atoms with Crippen molar-refractivity contribution < 1.29 is 0 Å². The molecule has 2 aromatic rings. The number of aromatic amines is 1. The van der Waals surface area contributed by atoms with E-state index in [2.05, 4.69) is 34.0 Å². The average Bonchev–Trinajstić information content (AvgIpc) is 2.46. The van der Waals surface area contributed by atoms with Crippen molar-refractivity contribution in [3.63, 3.8) is 0 Å². The first kappa shape index (κ1) is 13.3. The Labute approximate surface area is 118 Å². The lowest BCUT2D eigenvalue weighted by Crippen LogP contribution is -2.50. The molecule has 0 amide bonds. The molecule has 0 unspecified atom stereocenters. The molecule has 0 spiro atoms. The molecule has 1 aromatic carbocycles. The van der Waals surface area contributed by atoms with E-state index in [1.165, 1.54) is 0 Å². The van der Waals surface area contributed by atoms with Crippen LogP contribution in [0.2, 0.25) is 0 Å². The van der Waals surface area contributed by atoms with Gasteiger partial charge in [0.2, 0.25) is 0 Å². The number of aromatic nitrogens is 2. The third kappa shape index (κ3) is 2.46. The summed E-state index contributed by atoms with van der Waals surface area (Å²) in [6, 6.07) is 8.07. The summed E-state index contributed by atoms with van der Waals surface area (Å²) in [6.07, 6.45) is 0. The fraction of sp³-hybridized carbons (Fsp3) is 0.467. The highest BCUT2D eigenvalue weighted by Gasteiger charge is 2.23. The number of nitrogens with zero attached hydrogens (tertiary/aromatic N) is 2. The van der Waals surface area contributed by atoms with Gasteiger partial charge in [-0.1, -0.05) is 12.1 Å². The van der Waals surface area contributed by atoms with E-state index in [9.17, 15) is 4.79 Å². The van der Waals surface area contributed by atoms with E-state index in [1.54, 1.807) is 0 Å². The van der Waals surface area contributed by atoms with Crippen LogP contribution in [0.25, 0.3) is 10.9 Å². The Morgan fingerprint density at radius 1 is 1.40 bits per heavy atom. The van der Waals surface area contributed by atoms with Crippen molar-refractivity contribution in [1.82, 2.24) is 20.2 Å². The lowest BCUT2D eigenvalue weighted by Gasteiger charge is -2.35. The summed E-state index contributed by atoms with van der Waals surface area (Å²) < 4.78 is 0. The molecule has 1 aromatic heterocycles. The zero-order valence-corrected chi connectivity index (χ0v) is 11.9. The van der Waals surface area contributed by atoms with Gasteiger partial charge in [0.25, 0.3) is 5.56 Å². The van der Waals surface area contributed by atoms with E-state index in [4.69, 9.17) is 0 Å². The Balaban J connectivity index is 1.95. The lowest BCUT2D eigenvalue weighted by atomic mass is 10.1. The summed E-state index contributed by atoms with van der Waals surface area (Å²) in [5.41, 5.74) is 0.710. The highest BCUT2D eigenvalue weighted by molar-refractivity contribution is 5.77. The molecule has 2 atom stereocenters. The van der Waals surface area contributed by atoms with Crippen LogP contribution in [-0.4, -0.2) is 40.5 Å². The SMILES string of the molecule is C[C@H](c1nc2ccccc2c(=O)[nH]1)N1CCN[C@@H](C)C1. The molecule has 0 radical (unpaired) electrons. The van der Waals surface area contributed by atoms with Gasteiger partial charge in [0.1, 0.15) is 5.82 Å². The van der Waals surface area contributed by atoms with Gasteiger partial charge in [0, 0.05) is 25.7 Å². The molecule has 0 aliphatic carbocycles. The van der Waals surface area contributed by atoms with Crippen LogP contribution in [0.5, 0.6) is 0 Å². The molecule has 3 rings (SSSR count). The van der Waals surface area contributed by atoms with Gasteiger partial charge in [-0.15, -0.1) is 0 Å². The Morgan fingerprint density at radius 2 is 2.20 bits per heavy atom. The van der Waals surface area contributed by atoms with Crippen LogP contribution in [0.4, 0.5) is 0 Å². The topological polar surface area (TPSA) is 61.0 Å². The van der Waals surface area contributed by atoms with Crippen molar-refractivity contribution in [3.05, 3.63) is 40.4 Å². The van der Waals surface area contributed by atoms with Gasteiger partial charge in [-0.05, 0) is 26.0 Å². The number of H-pyrrole nitrogens is 1. The standard InChI is InChI=1S/C15H20N4O/c1-10-9-19(8-7-16-10)11(2)14-17-13-6-4-3-5-12(13)15(20)18-14/h3-6,10-11,16H,7-9H2,1-2H3,(H,17,18,20)/t10-,11+/m0/s1. The van der Waals surface area contributed by atoms with E-state index in [0.717, 1.165) is 31.0 Å². The largest absolute Gasteiger partial charge is 0.312 e. The van der Waals surface area contributed by atoms with Crippen LogP contribution in [0.3, 0.4) is 0 Å². The molecule has 2 heterocycles. The molecule has 0 bridgehead atoms. The third-order valence-corrected chi connectivity index (χ3v) is 3.97. The number of hydrogen-bond acceptors (Lipinski definition) is 4. The molecule has 5 heteroatoms. The fourth-order valence-electron chi connectivity index (χ4n) is 2.79. The number of nitrogens with one attached hydrogen (secondary N) is 2. The molecule has 1 saturated heterocycles. The van der Waals surface area contributed by atoms with E-state index >= 15 is 0 Å². The van der Waals surface area contributed by atoms with Crippen molar-refractivity contribution in [3.8, 4) is 0 Å². The van der Waals surface area contributed by atoms with Gasteiger partial charge in [-0.2, -0.15) is 0 Å². The Bertz CT molecular complexity index is 666. The molecule has 2 N–H and O–H groups in total. The van der Waals surface area contributed by atoms with E-state index in [-0.39, 0.29) is 11.6 Å². The summed E-state index contributed by atoms with van der Waals surface area (Å²) in [5, 5.41) is 4.08. The summed E-state index contributed by atoms with van der Waals surface area (Å²) in [6.45, 7) is 7.20. The Morgan fingerprint density at radius 3 is 3.00 bits per heavy atom. The minimum atomic E-state index is -0.0550. The summed E-state index contributed by atoms with van der Waals surface area (Å²) in [7, 11) is 0. The van der Waals surface area contributed by atoms with E-state index in [0.29, 0.717) is 11.4 Å². The molecular formula is C15H20N4O. The van der Waals surface area contributed by atoms with Crippen molar-refractivity contribution in [2.75, 3.05) is 19.6 Å². The predicted molar refractivity (Wildman–Crippen MR) is 79.8 cm³/mol. The van der Waals surface area contributed by atoms with Crippen LogP contribution in [0.1, 0.15) is 25.7 Å². The highest BCUT2D eigenvalue weighted by Crippen LogP contribution is 2.18. The van der Waals surface area contributed by atoms with Crippen LogP contribution in [0, 0.1) is 0 Å². The zero-order chi connectivity index (χ0) is 14.1. The minimum absolute atomic E-state index is 0.0550. The van der Waals surface area contributed by atoms with Crippen molar-refractivity contribution >= 4 is 10.9 Å². The number of piperazine rings is 1. The molecule has 1 aliphatic rings. The van der Waals surface area contributed by atoms with Gasteiger partial charge in [-0.3, -0.25) is 9.69 Å². The van der Waals surface area contributed by atoms with Crippen LogP contribution >= 0.6 is 0 Å². The number of fused-ring (bicyclic) bond motifs is 1. The quantitative estimate of drug-likeness (QED) is 0.864. The summed E-state index contributed by atoms with van der Waals surface area (Å²) in [5.74, 6) is 0.753. The summed E-state index contributed by atoms with van der Waals surface area (Å²) >= 11 is 0. The highest BCUT2D eigenvalue weighted by atomic mass is 16.1. The Kier molecular flexibility index (Phi) is 3.54. The van der Waals surface area contributed by atoms with E-state index in [1.807, 2.05) is 24.3 Å². The average molecular weight is 272 g/mol. The number of hydrogen-bond donors (Lipinski definition) is 2. The second-order valence-corrected chi connectivity index (χ2v) is 5.49. The first-order valence-electron chi connectivity index (χ1n) is 7.11.